The lowest BCUT2D eigenvalue weighted by molar-refractivity contribution is -0.135. The Morgan fingerprint density at radius 3 is 2.62 bits per heavy atom. The molecular weight excluding hydrogens is 470 g/mol. The van der Waals surface area contributed by atoms with Crippen LogP contribution in [0.3, 0.4) is 0 Å². The zero-order valence-electron chi connectivity index (χ0n) is 19.7. The van der Waals surface area contributed by atoms with Gasteiger partial charge in [0.2, 0.25) is 0 Å². The van der Waals surface area contributed by atoms with Gasteiger partial charge in [-0.05, 0) is 29.9 Å². The van der Waals surface area contributed by atoms with Crippen molar-refractivity contribution in [1.82, 2.24) is 4.57 Å². The first-order chi connectivity index (χ1) is 18.0. The molecule has 1 N–H and O–H groups in total. The van der Waals surface area contributed by atoms with Crippen molar-refractivity contribution in [1.29, 1.82) is 0 Å². The van der Waals surface area contributed by atoms with Gasteiger partial charge >= 0.3 is 5.97 Å². The van der Waals surface area contributed by atoms with Gasteiger partial charge in [0.1, 0.15) is 28.2 Å². The molecule has 0 spiro atoms. The Hall–Kier alpha value is -4.65. The fraction of sp³-hybridized carbons (Fsp3) is 0.167. The number of ether oxygens (including phenoxy) is 1. The molecule has 0 bridgehead atoms. The summed E-state index contributed by atoms with van der Waals surface area (Å²) in [5.74, 6) is -1.17. The number of aromatic hydroxyl groups is 1. The Labute approximate surface area is 210 Å². The number of benzene rings is 3. The maximum atomic E-state index is 13.8. The van der Waals surface area contributed by atoms with Gasteiger partial charge in [0, 0.05) is 41.3 Å². The third kappa shape index (κ3) is 3.24. The Balaban J connectivity index is 1.55. The number of rotatable bonds is 2. The number of hydrogen-bond donors (Lipinski definition) is 1. The van der Waals surface area contributed by atoms with E-state index in [0.717, 1.165) is 29.3 Å². The van der Waals surface area contributed by atoms with Crippen molar-refractivity contribution >= 4 is 27.8 Å². The summed E-state index contributed by atoms with van der Waals surface area (Å²) in [6, 6.07) is 19.6. The summed E-state index contributed by atoms with van der Waals surface area (Å²) >= 11 is 0. The first kappa shape index (κ1) is 21.6. The van der Waals surface area contributed by atoms with Gasteiger partial charge in [0.25, 0.3) is 5.56 Å². The molecule has 0 fully saturated rings. The largest absolute Gasteiger partial charge is 0.507 e. The zero-order valence-corrected chi connectivity index (χ0v) is 19.7. The molecule has 7 rings (SSSR count). The highest BCUT2D eigenvalue weighted by Crippen LogP contribution is 2.45. The number of pyridine rings is 1. The lowest BCUT2D eigenvalue weighted by Crippen LogP contribution is -2.31. The number of hydrogen-bond acceptors (Lipinski definition) is 6. The molecule has 2 aliphatic heterocycles. The molecule has 0 amide bonds. The van der Waals surface area contributed by atoms with Crippen molar-refractivity contribution in [2.75, 3.05) is 0 Å². The standard InChI is InChI=1S/C30H21NO6/c32-21-14-23(16-6-2-1-3-7-16)37-29-26-19(13-25(34)36-24(26)15-22(33)27(21)29)20-12-18-9-4-8-17-10-5-11-31(28(17)18)30(20)35/h1-4,6-9,12,14-15,19,33H,5,10-11,13H2/t19-/m1/s1. The van der Waals surface area contributed by atoms with E-state index in [1.165, 1.54) is 12.1 Å². The molecule has 0 saturated heterocycles. The molecule has 0 unspecified atom stereocenters. The maximum Gasteiger partial charge on any atom is 0.312 e. The minimum absolute atomic E-state index is 0.00843. The number of carbonyl (C=O) groups is 1. The number of para-hydroxylation sites is 1. The van der Waals surface area contributed by atoms with Crippen molar-refractivity contribution < 1.29 is 19.1 Å². The van der Waals surface area contributed by atoms with E-state index in [9.17, 15) is 19.5 Å². The molecule has 182 valence electrons. The van der Waals surface area contributed by atoms with Gasteiger partial charge in [-0.25, -0.2) is 0 Å². The topological polar surface area (TPSA) is 98.7 Å². The van der Waals surface area contributed by atoms with Gasteiger partial charge < -0.3 is 18.8 Å². The van der Waals surface area contributed by atoms with E-state index in [2.05, 4.69) is 0 Å². The quantitative estimate of drug-likeness (QED) is 0.280. The number of fused-ring (bicyclic) bond motifs is 3. The summed E-state index contributed by atoms with van der Waals surface area (Å²) in [7, 11) is 0. The monoisotopic (exact) mass is 491 g/mol. The molecule has 3 aromatic carbocycles. The van der Waals surface area contributed by atoms with Gasteiger partial charge in [-0.15, -0.1) is 0 Å². The van der Waals surface area contributed by atoms with Crippen LogP contribution >= 0.6 is 0 Å². The molecule has 0 saturated carbocycles. The third-order valence-corrected chi connectivity index (χ3v) is 7.41. The molecule has 5 aromatic rings. The van der Waals surface area contributed by atoms with Crippen molar-refractivity contribution in [3.8, 4) is 22.8 Å². The van der Waals surface area contributed by atoms with Crippen LogP contribution in [-0.4, -0.2) is 15.6 Å². The number of phenolic OH excluding ortho intramolecular Hbond substituents is 1. The van der Waals surface area contributed by atoms with Crippen molar-refractivity contribution in [2.24, 2.45) is 0 Å². The number of nitrogens with zero attached hydrogens (tertiary/aromatic N) is 1. The molecule has 2 aliphatic rings. The van der Waals surface area contributed by atoms with Crippen LogP contribution < -0.4 is 15.7 Å². The van der Waals surface area contributed by atoms with E-state index in [0.29, 0.717) is 29.0 Å². The van der Waals surface area contributed by atoms with E-state index in [4.69, 9.17) is 9.15 Å². The van der Waals surface area contributed by atoms with Crippen molar-refractivity contribution in [2.45, 2.75) is 31.7 Å². The average molecular weight is 491 g/mol. The fourth-order valence-electron chi connectivity index (χ4n) is 5.81. The molecule has 7 heteroatoms. The summed E-state index contributed by atoms with van der Waals surface area (Å²) in [6.45, 7) is 0.591. The highest BCUT2D eigenvalue weighted by Gasteiger charge is 2.35. The van der Waals surface area contributed by atoms with Gasteiger partial charge in [-0.2, -0.15) is 0 Å². The molecule has 0 radical (unpaired) electrons. The predicted molar refractivity (Wildman–Crippen MR) is 138 cm³/mol. The van der Waals surface area contributed by atoms with Crippen LogP contribution in [0.25, 0.3) is 33.2 Å². The molecule has 4 heterocycles. The number of carbonyl (C=O) groups excluding carboxylic acids is 1. The Morgan fingerprint density at radius 2 is 1.78 bits per heavy atom. The van der Waals surface area contributed by atoms with Gasteiger partial charge in [0.05, 0.1) is 11.9 Å². The zero-order chi connectivity index (χ0) is 25.3. The Morgan fingerprint density at radius 1 is 0.946 bits per heavy atom. The van der Waals surface area contributed by atoms with Crippen LogP contribution in [-0.2, 0) is 17.8 Å². The number of phenols is 1. The number of aromatic nitrogens is 1. The predicted octanol–water partition coefficient (Wildman–Crippen LogP) is 4.87. The van der Waals surface area contributed by atoms with Crippen LogP contribution in [0.15, 0.2) is 80.7 Å². The summed E-state index contributed by atoms with van der Waals surface area (Å²) < 4.78 is 13.5. The highest BCUT2D eigenvalue weighted by molar-refractivity contribution is 5.93. The van der Waals surface area contributed by atoms with Gasteiger partial charge in [0.15, 0.2) is 5.43 Å². The average Bonchev–Trinajstić information content (AvgIpc) is 2.90. The second-order valence-electron chi connectivity index (χ2n) is 9.60. The number of aryl methyl sites for hydroxylation is 2. The first-order valence-electron chi connectivity index (χ1n) is 12.2. The third-order valence-electron chi connectivity index (χ3n) is 7.41. The van der Waals surface area contributed by atoms with Crippen LogP contribution in [0, 0.1) is 0 Å². The Bertz CT molecular complexity index is 1880. The van der Waals surface area contributed by atoms with E-state index in [1.807, 2.05) is 54.6 Å². The summed E-state index contributed by atoms with van der Waals surface area (Å²) in [6.07, 6.45) is 1.67. The minimum atomic E-state index is -0.709. The molecule has 37 heavy (non-hydrogen) atoms. The van der Waals surface area contributed by atoms with Crippen molar-refractivity contribution in [3.05, 3.63) is 104 Å². The van der Waals surface area contributed by atoms with Crippen molar-refractivity contribution in [3.63, 3.8) is 0 Å². The van der Waals surface area contributed by atoms with Gasteiger partial charge in [-0.3, -0.25) is 14.4 Å². The normalized spacial score (nSPS) is 16.5. The SMILES string of the molecule is O=C1C[C@H](c2cc3cccc4c3n(c2=O)CCC4)c2c(cc(O)c3c(=O)cc(-c4ccccc4)oc23)O1. The smallest absolute Gasteiger partial charge is 0.312 e. The molecule has 7 nitrogen and oxygen atoms in total. The lowest BCUT2D eigenvalue weighted by Gasteiger charge is -2.27. The van der Waals surface area contributed by atoms with Crippen LogP contribution in [0.2, 0.25) is 0 Å². The number of esters is 1. The van der Waals surface area contributed by atoms with Crippen LogP contribution in [0.5, 0.6) is 11.5 Å². The van der Waals surface area contributed by atoms with E-state index in [-0.39, 0.29) is 34.4 Å². The van der Waals surface area contributed by atoms with Crippen LogP contribution in [0.4, 0.5) is 0 Å². The van der Waals surface area contributed by atoms with E-state index >= 15 is 0 Å². The lowest BCUT2D eigenvalue weighted by atomic mass is 9.84. The second-order valence-corrected chi connectivity index (χ2v) is 9.60. The second kappa shape index (κ2) is 7.93. The van der Waals surface area contributed by atoms with E-state index < -0.39 is 17.3 Å². The molecule has 0 aliphatic carbocycles. The molecule has 1 atom stereocenters. The van der Waals surface area contributed by atoms with E-state index in [1.54, 1.807) is 4.57 Å². The fourth-order valence-corrected chi connectivity index (χ4v) is 5.81. The molecular formula is C30H21NO6. The van der Waals surface area contributed by atoms with Gasteiger partial charge in [-0.1, -0.05) is 48.5 Å². The molecule has 2 aromatic heterocycles. The minimum Gasteiger partial charge on any atom is -0.507 e. The summed E-state index contributed by atoms with van der Waals surface area (Å²) in [5, 5.41) is 11.6. The Kier molecular flexibility index (Phi) is 4.63. The highest BCUT2D eigenvalue weighted by atomic mass is 16.5. The summed E-state index contributed by atoms with van der Waals surface area (Å²) in [5.41, 5.74) is 3.11. The maximum absolute atomic E-state index is 13.8. The van der Waals surface area contributed by atoms with Crippen LogP contribution in [0.1, 0.15) is 35.4 Å². The summed E-state index contributed by atoms with van der Waals surface area (Å²) in [4.78, 5) is 39.7. The first-order valence-corrected chi connectivity index (χ1v) is 12.2.